The Balaban J connectivity index is 1.36. The van der Waals surface area contributed by atoms with Crippen LogP contribution in [0.4, 0.5) is 19.4 Å². The van der Waals surface area contributed by atoms with E-state index in [1.165, 1.54) is 0 Å². The number of nitrogens with zero attached hydrogens (tertiary/aromatic N) is 5. The van der Waals surface area contributed by atoms with E-state index >= 15 is 8.78 Å². The zero-order valence-electron chi connectivity index (χ0n) is 27.1. The second-order valence-electron chi connectivity index (χ2n) is 11.3. The molecule has 3 aliphatic heterocycles. The van der Waals surface area contributed by atoms with E-state index in [0.717, 1.165) is 41.2 Å². The fourth-order valence-corrected chi connectivity index (χ4v) is 9.24. The molecule has 0 amide bonds. The number of hydrogen-bond donors (Lipinski definition) is 2. The maximum atomic E-state index is 16.5. The number of nitrogens with one attached hydrogen (secondary N) is 1. The van der Waals surface area contributed by atoms with E-state index < -0.39 is 106 Å². The number of ether oxygens (including phenoxy) is 4. The maximum absolute atomic E-state index is 16.5. The number of phosphoric ester groups is 1. The van der Waals surface area contributed by atoms with E-state index in [-0.39, 0.29) is 28.4 Å². The molecule has 0 saturated carbocycles. The molecule has 27 heteroatoms. The van der Waals surface area contributed by atoms with Gasteiger partial charge in [-0.2, -0.15) is 0 Å². The number of imidazole rings is 1. The van der Waals surface area contributed by atoms with E-state index in [1.807, 2.05) is 4.98 Å². The summed E-state index contributed by atoms with van der Waals surface area (Å²) in [6.45, 7) is -3.46. The summed E-state index contributed by atoms with van der Waals surface area (Å²) < 4.78 is 111. The Morgan fingerprint density at radius 2 is 1.81 bits per heavy atom. The van der Waals surface area contributed by atoms with Crippen LogP contribution in [0.15, 0.2) is 34.5 Å². The number of nitrogens with two attached hydrogens (primary N) is 1. The third-order valence-corrected chi connectivity index (χ3v) is 12.1. The third-order valence-electron chi connectivity index (χ3n) is 7.50. The van der Waals surface area contributed by atoms with Gasteiger partial charge >= 0.3 is 26.5 Å². The Bertz CT molecular complexity index is 1990. The summed E-state index contributed by atoms with van der Waals surface area (Å²) in [5.41, 5.74) is 4.16. The number of nitrogen functional groups attached to an aromatic ring is 1. The van der Waals surface area contributed by atoms with Gasteiger partial charge in [-0.15, -0.1) is 4.67 Å². The van der Waals surface area contributed by atoms with Crippen molar-refractivity contribution in [1.82, 2.24) is 29.1 Å². The van der Waals surface area contributed by atoms with Gasteiger partial charge in [0.2, 0.25) is 0 Å². The summed E-state index contributed by atoms with van der Waals surface area (Å²) in [5, 5.41) is 0. The number of fused-ring (bicyclic) bond motifs is 4. The van der Waals surface area contributed by atoms with Gasteiger partial charge in [0, 0.05) is 23.6 Å². The predicted octanol–water partition coefficient (Wildman–Crippen LogP) is 2.29. The molecule has 3 aromatic rings. The lowest BCUT2D eigenvalue weighted by molar-refractivity contribution is -0.208. The van der Waals surface area contributed by atoms with Gasteiger partial charge in [-0.05, 0) is 13.8 Å². The lowest BCUT2D eigenvalue weighted by Crippen LogP contribution is -2.38. The number of carbonyl (C=O) groups is 1. The molecule has 10 atom stereocenters. The largest absolute Gasteiger partial charge is 0.509 e. The lowest BCUT2D eigenvalue weighted by Gasteiger charge is -2.27. The molecule has 2 bridgehead atoms. The average Bonchev–Trinajstić information content (AvgIpc) is 3.73. The van der Waals surface area contributed by atoms with Crippen LogP contribution in [0.2, 0.25) is 0 Å². The molecule has 6 rings (SSSR count). The van der Waals surface area contributed by atoms with Crippen LogP contribution in [-0.4, -0.2) is 104 Å². The Labute approximate surface area is 294 Å². The minimum absolute atomic E-state index is 0.0233. The number of H-pyrrole nitrogens is 1. The first-order valence-electron chi connectivity index (χ1n) is 15.1. The smallest absolute Gasteiger partial charge is 0.432 e. The van der Waals surface area contributed by atoms with Gasteiger partial charge in [0.1, 0.15) is 36.3 Å². The van der Waals surface area contributed by atoms with Gasteiger partial charge in [-0.1, -0.05) is 0 Å². The summed E-state index contributed by atoms with van der Waals surface area (Å²) in [7, 11) is -4.11. The number of aromatic amines is 1. The highest BCUT2D eigenvalue weighted by molar-refractivity contribution is 8.55. The van der Waals surface area contributed by atoms with Crippen molar-refractivity contribution in [2.75, 3.05) is 32.0 Å². The summed E-state index contributed by atoms with van der Waals surface area (Å²) >= 11 is 0.267. The molecule has 52 heavy (non-hydrogen) atoms. The predicted molar refractivity (Wildman–Crippen MR) is 169 cm³/mol. The minimum Gasteiger partial charge on any atom is -0.432 e. The fourth-order valence-electron chi connectivity index (χ4n) is 5.28. The molecule has 3 N–H and O–H groups in total. The Morgan fingerprint density at radius 1 is 1.06 bits per heavy atom. The quantitative estimate of drug-likeness (QED) is 0.109. The van der Waals surface area contributed by atoms with Crippen molar-refractivity contribution in [3.8, 4) is 0 Å². The number of phosphoric acid groups is 1. The molecule has 3 aliphatic rings. The van der Waals surface area contributed by atoms with Crippen LogP contribution in [0, 0.1) is 0 Å². The van der Waals surface area contributed by atoms with Crippen LogP contribution in [0.3, 0.4) is 0 Å². The van der Waals surface area contributed by atoms with E-state index in [9.17, 15) is 23.5 Å². The van der Waals surface area contributed by atoms with Gasteiger partial charge in [0.15, 0.2) is 42.2 Å². The first-order chi connectivity index (χ1) is 24.7. The first-order valence-corrected chi connectivity index (χ1v) is 19.7. The van der Waals surface area contributed by atoms with Crippen LogP contribution >= 0.6 is 26.0 Å². The molecule has 0 aliphatic carbocycles. The normalized spacial score (nSPS) is 34.0. The van der Waals surface area contributed by atoms with E-state index in [1.54, 1.807) is 13.8 Å². The van der Waals surface area contributed by atoms with Crippen molar-refractivity contribution in [3.63, 3.8) is 0 Å². The van der Waals surface area contributed by atoms with Crippen LogP contribution in [0.1, 0.15) is 26.3 Å². The van der Waals surface area contributed by atoms with Crippen molar-refractivity contribution in [1.29, 1.82) is 0 Å². The van der Waals surface area contributed by atoms with E-state index in [0.29, 0.717) is 0 Å². The van der Waals surface area contributed by atoms with Crippen LogP contribution in [0.5, 0.6) is 0 Å². The molecule has 286 valence electrons. The zero-order valence-corrected chi connectivity index (χ0v) is 29.7. The highest BCUT2D eigenvalue weighted by Crippen LogP contribution is 2.64. The molecule has 22 nitrogen and oxygen atoms in total. The van der Waals surface area contributed by atoms with Gasteiger partial charge in [0.05, 0.1) is 32.8 Å². The highest BCUT2D eigenvalue weighted by atomic mass is 32.7. The number of rotatable bonds is 8. The zero-order chi connectivity index (χ0) is 37.4. The molecular weight excluding hydrogens is 770 g/mol. The summed E-state index contributed by atoms with van der Waals surface area (Å²) in [6, 6.07) is 0.924. The van der Waals surface area contributed by atoms with Gasteiger partial charge in [0.25, 0.3) is 5.56 Å². The molecule has 3 aromatic heterocycles. The fraction of sp³-hybridized carbons (Fsp3) is 0.600. The Hall–Kier alpha value is -3.35. The summed E-state index contributed by atoms with van der Waals surface area (Å²) in [5.74, 6) is -0.743. The topological polar surface area (TPSA) is 268 Å². The molecule has 2 unspecified atom stereocenters. The number of anilines is 1. The summed E-state index contributed by atoms with van der Waals surface area (Å²) in [6.07, 6.45) is -13.6. The monoisotopic (exact) mass is 801 g/mol. The SMILES string of the molecule is COOP1(=O)OC[C@H]2O[C@@H](n3cnc4c(N)ncnc43)[C@H](F)[C@@H]2OP(=O)(SCOC(=O)OC(C)C)OC[C@H]2O[C@@H](n3ccc(=O)[nH]c3=O)[C@H](O1)[C@@H]2F. The molecule has 0 radical (unpaired) electrons. The molecule has 6 heterocycles. The standard InChI is InChI=1S/C25H31F2N7O15P2S/c1-11(2)44-25(37)41-10-52-51(39)43-6-12-15(26)19(23(45-12)33-5-4-14(35)32-24(33)36)47-50(38,49-40-3)42-7-13-18(48-51)16(27)22(46-13)34-9-31-17-20(28)29-8-30-21(17)34/h4-5,8-9,11-13,15-16,18-19,22-23H,6-7,10H2,1-3H3,(H2,28,29,30)(H,32,35,36)/t12-,13-,15-,16-,18-,19-,22-,23-,50?,51?/m1/s1. The number of hydrogen-bond acceptors (Lipinski definition) is 20. The van der Waals surface area contributed by atoms with Crippen molar-refractivity contribution in [2.24, 2.45) is 0 Å². The number of alkyl halides is 2. The molecule has 3 fully saturated rings. The number of halogens is 2. The van der Waals surface area contributed by atoms with Gasteiger partial charge in [-0.25, -0.2) is 47.3 Å². The first kappa shape index (κ1) is 38.4. The highest BCUT2D eigenvalue weighted by Gasteiger charge is 2.56. The van der Waals surface area contributed by atoms with Gasteiger partial charge < -0.3 is 24.7 Å². The molecular formula is C25H31F2N7O15P2S. The van der Waals surface area contributed by atoms with E-state index in [2.05, 4.69) is 19.8 Å². The van der Waals surface area contributed by atoms with Crippen molar-refractivity contribution in [2.45, 2.75) is 69.2 Å². The van der Waals surface area contributed by atoms with E-state index in [4.69, 9.17) is 47.5 Å². The second-order valence-corrected chi connectivity index (χ2v) is 16.8. The van der Waals surface area contributed by atoms with Crippen LogP contribution < -0.4 is 17.0 Å². The minimum atomic E-state index is -5.04. The van der Waals surface area contributed by atoms with Crippen molar-refractivity contribution in [3.05, 3.63) is 45.8 Å². The molecule has 3 saturated heterocycles. The summed E-state index contributed by atoms with van der Waals surface area (Å²) in [4.78, 5) is 55.0. The van der Waals surface area contributed by atoms with Crippen LogP contribution in [0.25, 0.3) is 11.2 Å². The lowest BCUT2D eigenvalue weighted by atomic mass is 10.1. The maximum Gasteiger partial charge on any atom is 0.509 e. The van der Waals surface area contributed by atoms with Crippen molar-refractivity contribution >= 4 is 49.1 Å². The average molecular weight is 802 g/mol. The van der Waals surface area contributed by atoms with Gasteiger partial charge in [-0.3, -0.25) is 37.0 Å². The van der Waals surface area contributed by atoms with Crippen LogP contribution in [-0.2, 0) is 55.7 Å². The molecule has 0 spiro atoms. The number of aromatic nitrogens is 6. The third kappa shape index (κ3) is 8.09. The van der Waals surface area contributed by atoms with Crippen molar-refractivity contribution < 1.29 is 69.3 Å². The Kier molecular flexibility index (Phi) is 11.5. The second kappa shape index (κ2) is 15.6. The molecule has 0 aromatic carbocycles. The Morgan fingerprint density at radius 3 is 2.54 bits per heavy atom. The number of carbonyl (C=O) groups excluding carboxylic acids is 1.